The monoisotopic (exact) mass is 266 g/mol. The van der Waals surface area contributed by atoms with E-state index in [9.17, 15) is 0 Å². The van der Waals surface area contributed by atoms with Crippen LogP contribution < -0.4 is 10.4 Å². The minimum absolute atomic E-state index is 1.24. The largest absolute Gasteiger partial charge is 0.0856 e. The van der Waals surface area contributed by atoms with Crippen molar-refractivity contribution in [2.24, 2.45) is 0 Å². The average molecular weight is 266 g/mol. The van der Waals surface area contributed by atoms with Crippen molar-refractivity contribution < 1.29 is 0 Å². The SMILES string of the molecule is [CH][Si](C)(c1ccccc1)[Si]([CH])(C)c1ccccc1. The summed E-state index contributed by atoms with van der Waals surface area (Å²) in [7, 11) is -4.26. The molecule has 2 unspecified atom stereocenters. The molecule has 0 aliphatic rings. The maximum atomic E-state index is 6.72. The van der Waals surface area contributed by atoms with Gasteiger partial charge in [0.15, 0.2) is 0 Å². The lowest BCUT2D eigenvalue weighted by Gasteiger charge is -2.38. The Labute approximate surface area is 112 Å². The van der Waals surface area contributed by atoms with Gasteiger partial charge in [0.1, 0.15) is 0 Å². The molecule has 0 aliphatic carbocycles. The highest BCUT2D eigenvalue weighted by atomic mass is 29.3. The molecule has 0 amide bonds. The summed E-state index contributed by atoms with van der Waals surface area (Å²) in [5.41, 5.74) is 0. The molecule has 0 N–H and O–H groups in total. The molecule has 0 fully saturated rings. The summed E-state index contributed by atoms with van der Waals surface area (Å²) in [5, 5.41) is 2.48. The van der Waals surface area contributed by atoms with Crippen LogP contribution in [0.3, 0.4) is 0 Å². The van der Waals surface area contributed by atoms with Crippen LogP contribution in [0.4, 0.5) is 0 Å². The van der Waals surface area contributed by atoms with Crippen molar-refractivity contribution in [1.29, 1.82) is 0 Å². The zero-order chi connectivity index (χ0) is 13.2. The molecule has 4 radical (unpaired) electrons. The van der Waals surface area contributed by atoms with Gasteiger partial charge in [0.2, 0.25) is 0 Å². The summed E-state index contributed by atoms with van der Waals surface area (Å²) in [6.45, 7) is 17.8. The summed E-state index contributed by atoms with van der Waals surface area (Å²) < 4.78 is 0. The maximum Gasteiger partial charge on any atom is 0.0856 e. The molecule has 0 nitrogen and oxygen atoms in total. The minimum Gasteiger partial charge on any atom is -0.0667 e. The Bertz CT molecular complexity index is 452. The molecule has 0 aliphatic heterocycles. The van der Waals surface area contributed by atoms with E-state index in [1.165, 1.54) is 10.4 Å². The molecule has 90 valence electrons. The second kappa shape index (κ2) is 4.86. The Morgan fingerprint density at radius 1 is 0.611 bits per heavy atom. The van der Waals surface area contributed by atoms with Gasteiger partial charge in [-0.3, -0.25) is 0 Å². The van der Waals surface area contributed by atoms with Gasteiger partial charge in [-0.05, 0) is 13.1 Å². The number of benzene rings is 2. The molecule has 0 heterocycles. The third-order valence-electron chi connectivity index (χ3n) is 3.83. The quantitative estimate of drug-likeness (QED) is 0.749. The Balaban J connectivity index is 2.47. The first kappa shape index (κ1) is 13.3. The molecule has 0 saturated heterocycles. The molecule has 0 aromatic heterocycles. The molecular weight excluding hydrogens is 248 g/mol. The lowest BCUT2D eigenvalue weighted by Crippen LogP contribution is -2.69. The molecule has 0 bridgehead atoms. The molecule has 2 heteroatoms. The van der Waals surface area contributed by atoms with E-state index in [-0.39, 0.29) is 0 Å². The van der Waals surface area contributed by atoms with Crippen LogP contribution in [0.1, 0.15) is 0 Å². The predicted octanol–water partition coefficient (Wildman–Crippen LogP) is 2.54. The third-order valence-corrected chi connectivity index (χ3v) is 17.3. The molecular formula is C16H18Si2. The molecule has 2 aromatic carbocycles. The fourth-order valence-electron chi connectivity index (χ4n) is 2.17. The van der Waals surface area contributed by atoms with Gasteiger partial charge >= 0.3 is 0 Å². The van der Waals surface area contributed by atoms with Crippen molar-refractivity contribution in [3.63, 3.8) is 0 Å². The smallest absolute Gasteiger partial charge is 0.0667 e. The average Bonchev–Trinajstić information content (AvgIpc) is 2.40. The fourth-order valence-corrected chi connectivity index (χ4v) is 9.74. The second-order valence-corrected chi connectivity index (χ2v) is 17.3. The Kier molecular flexibility index (Phi) is 3.60. The first-order chi connectivity index (χ1) is 8.46. The van der Waals surface area contributed by atoms with Crippen molar-refractivity contribution in [2.45, 2.75) is 13.1 Å². The van der Waals surface area contributed by atoms with Crippen LogP contribution in [0.5, 0.6) is 0 Å². The van der Waals surface area contributed by atoms with Crippen LogP contribution >= 0.6 is 0 Å². The molecule has 2 aromatic rings. The van der Waals surface area contributed by atoms with E-state index in [0.29, 0.717) is 0 Å². The summed E-state index contributed by atoms with van der Waals surface area (Å²) in [6.07, 6.45) is 0. The Morgan fingerprint density at radius 3 is 1.17 bits per heavy atom. The van der Waals surface area contributed by atoms with Gasteiger partial charge in [-0.15, -0.1) is 0 Å². The lowest BCUT2D eigenvalue weighted by molar-refractivity contribution is 1.71. The summed E-state index contributed by atoms with van der Waals surface area (Å²) in [4.78, 5) is 0. The van der Waals surface area contributed by atoms with Crippen molar-refractivity contribution in [2.75, 3.05) is 0 Å². The summed E-state index contributed by atoms with van der Waals surface area (Å²) >= 11 is 0. The van der Waals surface area contributed by atoms with E-state index < -0.39 is 15.2 Å². The van der Waals surface area contributed by atoms with Gasteiger partial charge in [-0.25, -0.2) is 0 Å². The van der Waals surface area contributed by atoms with E-state index >= 15 is 0 Å². The van der Waals surface area contributed by atoms with Crippen molar-refractivity contribution in [3.8, 4) is 0 Å². The zero-order valence-corrected chi connectivity index (χ0v) is 12.9. The van der Waals surface area contributed by atoms with Crippen LogP contribution in [-0.4, -0.2) is 15.2 Å². The van der Waals surface area contributed by atoms with Crippen LogP contribution in [0.15, 0.2) is 60.7 Å². The van der Waals surface area contributed by atoms with Crippen molar-refractivity contribution in [1.82, 2.24) is 0 Å². The normalized spacial score (nSPS) is 12.4. The van der Waals surface area contributed by atoms with E-state index in [0.717, 1.165) is 0 Å². The summed E-state index contributed by atoms with van der Waals surface area (Å²) in [5.74, 6) is 0. The van der Waals surface area contributed by atoms with Gasteiger partial charge in [-0.1, -0.05) is 84.1 Å². The Hall–Kier alpha value is -1.13. The first-order valence-electron chi connectivity index (χ1n) is 6.15. The molecule has 0 spiro atoms. The zero-order valence-electron chi connectivity index (χ0n) is 10.9. The second-order valence-electron chi connectivity index (χ2n) is 5.14. The minimum atomic E-state index is -2.13. The van der Waals surface area contributed by atoms with Gasteiger partial charge in [-0.2, -0.15) is 0 Å². The number of rotatable bonds is 3. The molecule has 0 saturated carbocycles. The highest BCUT2D eigenvalue weighted by Crippen LogP contribution is 2.17. The fraction of sp³-hybridized carbons (Fsp3) is 0.125. The van der Waals surface area contributed by atoms with Crippen LogP contribution in [0.2, 0.25) is 13.1 Å². The van der Waals surface area contributed by atoms with E-state index in [4.69, 9.17) is 13.1 Å². The van der Waals surface area contributed by atoms with Crippen molar-refractivity contribution >= 4 is 25.6 Å². The third kappa shape index (κ3) is 2.22. The standard InChI is InChI=1S/C16H18Si2/c1-17(2,15-11-7-5-8-12-15)18(3,4)16-13-9-6-10-14-16/h1,3,5-14H,2,4H3. The van der Waals surface area contributed by atoms with Gasteiger partial charge < -0.3 is 0 Å². The number of hydrogen-bond acceptors (Lipinski definition) is 0. The first-order valence-corrected chi connectivity index (χ1v) is 12.3. The van der Waals surface area contributed by atoms with Crippen LogP contribution in [0.25, 0.3) is 0 Å². The topological polar surface area (TPSA) is 0 Å². The van der Waals surface area contributed by atoms with Crippen LogP contribution in [-0.2, 0) is 0 Å². The van der Waals surface area contributed by atoms with E-state index in [2.05, 4.69) is 37.4 Å². The van der Waals surface area contributed by atoms with Gasteiger partial charge in [0.25, 0.3) is 0 Å². The van der Waals surface area contributed by atoms with Crippen LogP contribution in [0, 0.1) is 13.1 Å². The predicted molar refractivity (Wildman–Crippen MR) is 84.0 cm³/mol. The number of hydrogen-bond donors (Lipinski definition) is 0. The highest BCUT2D eigenvalue weighted by Gasteiger charge is 2.43. The summed E-state index contributed by atoms with van der Waals surface area (Å²) in [6, 6.07) is 20.7. The highest BCUT2D eigenvalue weighted by molar-refractivity contribution is 7.52. The molecule has 2 rings (SSSR count). The van der Waals surface area contributed by atoms with Crippen molar-refractivity contribution in [3.05, 3.63) is 73.8 Å². The van der Waals surface area contributed by atoms with Gasteiger partial charge in [0.05, 0.1) is 15.2 Å². The lowest BCUT2D eigenvalue weighted by atomic mass is 10.4. The maximum absolute atomic E-state index is 6.72. The molecule has 2 atom stereocenters. The Morgan fingerprint density at radius 2 is 0.889 bits per heavy atom. The molecule has 18 heavy (non-hydrogen) atoms. The van der Waals surface area contributed by atoms with E-state index in [1.807, 2.05) is 36.4 Å². The van der Waals surface area contributed by atoms with E-state index in [1.54, 1.807) is 0 Å². The van der Waals surface area contributed by atoms with Gasteiger partial charge in [0, 0.05) is 0 Å².